The fourth-order valence-corrected chi connectivity index (χ4v) is 2.17. The molecule has 0 atom stereocenters. The van der Waals surface area contributed by atoms with Gasteiger partial charge in [-0.1, -0.05) is 53.5 Å². The van der Waals surface area contributed by atoms with Crippen LogP contribution in [-0.2, 0) is 6.54 Å². The summed E-state index contributed by atoms with van der Waals surface area (Å²) < 4.78 is 24.8. The van der Waals surface area contributed by atoms with Gasteiger partial charge in [0.15, 0.2) is 0 Å². The van der Waals surface area contributed by atoms with Gasteiger partial charge in [-0.25, -0.2) is 8.78 Å². The molecule has 1 nitrogen and oxygen atoms in total. The van der Waals surface area contributed by atoms with Crippen molar-refractivity contribution in [2.75, 3.05) is 5.32 Å². The maximum atomic E-state index is 12.4. The summed E-state index contributed by atoms with van der Waals surface area (Å²) in [7, 11) is 0. The van der Waals surface area contributed by atoms with Gasteiger partial charge in [-0.15, -0.1) is 0 Å². The zero-order valence-corrected chi connectivity index (χ0v) is 11.3. The van der Waals surface area contributed by atoms with Crippen LogP contribution < -0.4 is 5.32 Å². The van der Waals surface area contributed by atoms with E-state index in [0.29, 0.717) is 22.3 Å². The Bertz CT molecular complexity index is 536. The minimum atomic E-state index is -2.44. The van der Waals surface area contributed by atoms with E-state index in [2.05, 4.69) is 5.32 Å². The lowest BCUT2D eigenvalue weighted by atomic mass is 10.1. The molecular weight excluding hydrogens is 291 g/mol. The first kappa shape index (κ1) is 14.1. The zero-order valence-electron chi connectivity index (χ0n) is 9.84. The van der Waals surface area contributed by atoms with E-state index >= 15 is 0 Å². The van der Waals surface area contributed by atoms with Crippen LogP contribution in [0.15, 0.2) is 42.5 Å². The van der Waals surface area contributed by atoms with E-state index in [-0.39, 0.29) is 5.56 Å². The first-order chi connectivity index (χ1) is 9.08. The second kappa shape index (κ2) is 6.22. The quantitative estimate of drug-likeness (QED) is 0.781. The van der Waals surface area contributed by atoms with Gasteiger partial charge in [0.1, 0.15) is 0 Å². The number of hydrogen-bond acceptors (Lipinski definition) is 1. The van der Waals surface area contributed by atoms with Gasteiger partial charge in [0.25, 0.3) is 6.43 Å². The van der Waals surface area contributed by atoms with Crippen molar-refractivity contribution in [1.29, 1.82) is 0 Å². The Kier molecular flexibility index (Phi) is 4.61. The molecule has 0 aliphatic rings. The lowest BCUT2D eigenvalue weighted by Gasteiger charge is -2.10. The molecule has 0 saturated carbocycles. The molecule has 5 heteroatoms. The molecular formula is C14H11Cl2F2N. The van der Waals surface area contributed by atoms with Crippen LogP contribution >= 0.6 is 23.2 Å². The van der Waals surface area contributed by atoms with Crippen LogP contribution in [0, 0.1) is 0 Å². The zero-order chi connectivity index (χ0) is 13.8. The number of benzene rings is 2. The van der Waals surface area contributed by atoms with Gasteiger partial charge >= 0.3 is 0 Å². The molecule has 2 rings (SSSR count). The van der Waals surface area contributed by atoms with E-state index in [9.17, 15) is 8.78 Å². The average Bonchev–Trinajstić information content (AvgIpc) is 2.38. The lowest BCUT2D eigenvalue weighted by molar-refractivity contribution is 0.151. The summed E-state index contributed by atoms with van der Waals surface area (Å²) >= 11 is 12.0. The number of para-hydroxylation sites is 1. The van der Waals surface area contributed by atoms with Crippen molar-refractivity contribution in [1.82, 2.24) is 0 Å². The highest BCUT2D eigenvalue weighted by Crippen LogP contribution is 2.30. The number of anilines is 1. The van der Waals surface area contributed by atoms with Crippen LogP contribution in [0.3, 0.4) is 0 Å². The lowest BCUT2D eigenvalue weighted by Crippen LogP contribution is -2.00. The van der Waals surface area contributed by atoms with Crippen LogP contribution in [0.5, 0.6) is 0 Å². The second-order valence-corrected chi connectivity index (χ2v) is 4.81. The minimum Gasteiger partial charge on any atom is -0.379 e. The molecule has 19 heavy (non-hydrogen) atoms. The Labute approximate surface area is 120 Å². The maximum Gasteiger partial charge on any atom is 0.263 e. The molecule has 0 fully saturated rings. The van der Waals surface area contributed by atoms with Gasteiger partial charge in [-0.2, -0.15) is 0 Å². The monoisotopic (exact) mass is 301 g/mol. The highest BCUT2D eigenvalue weighted by Gasteiger charge is 2.07. The topological polar surface area (TPSA) is 12.0 Å². The number of hydrogen-bond donors (Lipinski definition) is 1. The Hall–Kier alpha value is -1.32. The van der Waals surface area contributed by atoms with Crippen molar-refractivity contribution < 1.29 is 8.78 Å². The highest BCUT2D eigenvalue weighted by molar-refractivity contribution is 6.39. The minimum absolute atomic E-state index is 0.0134. The number of halogens is 4. The molecule has 0 bridgehead atoms. The third-order valence-electron chi connectivity index (χ3n) is 2.66. The van der Waals surface area contributed by atoms with Crippen LogP contribution in [0.2, 0.25) is 10.0 Å². The van der Waals surface area contributed by atoms with Crippen molar-refractivity contribution in [3.8, 4) is 0 Å². The van der Waals surface area contributed by atoms with Crippen molar-refractivity contribution in [3.05, 3.63) is 63.6 Å². The van der Waals surface area contributed by atoms with Gasteiger partial charge in [0, 0.05) is 12.1 Å². The first-order valence-electron chi connectivity index (χ1n) is 5.63. The summed E-state index contributed by atoms with van der Waals surface area (Å²) in [5.74, 6) is 0. The summed E-state index contributed by atoms with van der Waals surface area (Å²) in [6.45, 7) is 0.465. The second-order valence-electron chi connectivity index (χ2n) is 3.99. The largest absolute Gasteiger partial charge is 0.379 e. The number of alkyl halides is 2. The Morgan fingerprint density at radius 3 is 2.05 bits per heavy atom. The smallest absolute Gasteiger partial charge is 0.263 e. The first-order valence-corrected chi connectivity index (χ1v) is 6.38. The fourth-order valence-electron chi connectivity index (χ4n) is 1.64. The van der Waals surface area contributed by atoms with E-state index in [1.54, 1.807) is 30.3 Å². The highest BCUT2D eigenvalue weighted by atomic mass is 35.5. The predicted molar refractivity (Wildman–Crippen MR) is 75.2 cm³/mol. The summed E-state index contributed by atoms with van der Waals surface area (Å²) in [4.78, 5) is 0. The van der Waals surface area contributed by atoms with Crippen molar-refractivity contribution in [2.45, 2.75) is 13.0 Å². The summed E-state index contributed by atoms with van der Waals surface area (Å²) in [6, 6.07) is 11.4. The van der Waals surface area contributed by atoms with Gasteiger partial charge < -0.3 is 5.32 Å². The molecule has 2 aromatic rings. The van der Waals surface area contributed by atoms with Crippen LogP contribution in [0.4, 0.5) is 14.5 Å². The Morgan fingerprint density at radius 2 is 1.53 bits per heavy atom. The van der Waals surface area contributed by atoms with Crippen molar-refractivity contribution in [2.24, 2.45) is 0 Å². The summed E-state index contributed by atoms with van der Waals surface area (Å²) in [5.41, 5.74) is 1.53. The number of rotatable bonds is 4. The third kappa shape index (κ3) is 3.58. The van der Waals surface area contributed by atoms with E-state index in [1.807, 2.05) is 0 Å². The van der Waals surface area contributed by atoms with Crippen LogP contribution in [0.1, 0.15) is 17.6 Å². The Morgan fingerprint density at radius 1 is 0.947 bits per heavy atom. The Balaban J connectivity index is 2.06. The molecule has 0 aliphatic heterocycles. The van der Waals surface area contributed by atoms with Gasteiger partial charge in [-0.05, 0) is 17.7 Å². The normalized spacial score (nSPS) is 10.8. The molecule has 0 heterocycles. The molecule has 100 valence electrons. The van der Waals surface area contributed by atoms with Gasteiger partial charge in [0.2, 0.25) is 0 Å². The van der Waals surface area contributed by atoms with E-state index in [4.69, 9.17) is 23.2 Å². The number of nitrogens with one attached hydrogen (secondary N) is 1. The van der Waals surface area contributed by atoms with Gasteiger partial charge in [0.05, 0.1) is 15.7 Å². The van der Waals surface area contributed by atoms with Crippen LogP contribution in [0.25, 0.3) is 0 Å². The molecule has 0 radical (unpaired) electrons. The molecule has 2 aromatic carbocycles. The molecule has 0 spiro atoms. The van der Waals surface area contributed by atoms with E-state index in [0.717, 1.165) is 5.56 Å². The molecule has 0 saturated heterocycles. The molecule has 0 aliphatic carbocycles. The SMILES string of the molecule is FC(F)c1ccc(CNc2c(Cl)cccc2Cl)cc1. The van der Waals surface area contributed by atoms with Crippen molar-refractivity contribution in [3.63, 3.8) is 0 Å². The molecule has 1 N–H and O–H groups in total. The predicted octanol–water partition coefficient (Wildman–Crippen LogP) is 5.54. The average molecular weight is 302 g/mol. The standard InChI is InChI=1S/C14H11Cl2F2N/c15-11-2-1-3-12(16)13(11)19-8-9-4-6-10(7-5-9)14(17)18/h1-7,14,19H,8H2. The van der Waals surface area contributed by atoms with E-state index in [1.165, 1.54) is 12.1 Å². The summed E-state index contributed by atoms with van der Waals surface area (Å²) in [6.07, 6.45) is -2.44. The van der Waals surface area contributed by atoms with Crippen molar-refractivity contribution >= 4 is 28.9 Å². The van der Waals surface area contributed by atoms with Gasteiger partial charge in [-0.3, -0.25) is 0 Å². The molecule has 0 aromatic heterocycles. The summed E-state index contributed by atoms with van der Waals surface area (Å²) in [5, 5.41) is 4.14. The maximum absolute atomic E-state index is 12.4. The molecule has 0 amide bonds. The van der Waals surface area contributed by atoms with Crippen LogP contribution in [-0.4, -0.2) is 0 Å². The van der Waals surface area contributed by atoms with E-state index < -0.39 is 6.43 Å². The third-order valence-corrected chi connectivity index (χ3v) is 3.29. The molecule has 0 unspecified atom stereocenters. The fraction of sp³-hybridized carbons (Fsp3) is 0.143.